The normalized spacial score (nSPS) is 11.1. The predicted molar refractivity (Wildman–Crippen MR) is 140 cm³/mol. The summed E-state index contributed by atoms with van der Waals surface area (Å²) in [6.07, 6.45) is 1.71. The highest BCUT2D eigenvalue weighted by Crippen LogP contribution is 2.27. The zero-order valence-corrected chi connectivity index (χ0v) is 20.4. The molecule has 4 N–H and O–H groups in total. The Morgan fingerprint density at radius 1 is 0.971 bits per heavy atom. The molecule has 3 aromatic carbocycles. The third-order valence-corrected chi connectivity index (χ3v) is 6.77. The van der Waals surface area contributed by atoms with Crippen LogP contribution in [0.25, 0.3) is 10.2 Å². The molecule has 182 valence electrons. The second-order valence-corrected chi connectivity index (χ2v) is 9.24. The van der Waals surface area contributed by atoms with Crippen LogP contribution in [0.5, 0.6) is 11.5 Å². The van der Waals surface area contributed by atoms with Crippen molar-refractivity contribution in [2.45, 2.75) is 19.4 Å². The smallest absolute Gasteiger partial charge is 0.305 e. The summed E-state index contributed by atoms with van der Waals surface area (Å²) in [6.45, 7) is 2.49. The lowest BCUT2D eigenvalue weighted by Crippen LogP contribution is -2.25. The van der Waals surface area contributed by atoms with Gasteiger partial charge in [0.1, 0.15) is 17.0 Å². The molecule has 7 nitrogen and oxygen atoms in total. The molecule has 0 aliphatic heterocycles. The molecule has 4 aromatic rings. The van der Waals surface area contributed by atoms with Gasteiger partial charge in [-0.2, -0.15) is 0 Å². The lowest BCUT2D eigenvalue weighted by atomic mass is 10.1. The number of thiazole rings is 1. The molecule has 0 amide bonds. The van der Waals surface area contributed by atoms with Gasteiger partial charge in [0, 0.05) is 12.1 Å². The summed E-state index contributed by atoms with van der Waals surface area (Å²) < 4.78 is 5.89. The van der Waals surface area contributed by atoms with Crippen LogP contribution >= 0.6 is 11.3 Å². The molecule has 0 unspecified atom stereocenters. The van der Waals surface area contributed by atoms with Crippen molar-refractivity contribution in [3.05, 3.63) is 92.6 Å². The van der Waals surface area contributed by atoms with E-state index in [9.17, 15) is 14.7 Å². The lowest BCUT2D eigenvalue weighted by molar-refractivity contribution is 0.0993. The number of nitrogens with one attached hydrogen (secondary N) is 3. The fourth-order valence-corrected chi connectivity index (χ4v) is 4.85. The molecular formula is C27H29N3O4S. The van der Waals surface area contributed by atoms with Crippen LogP contribution in [0, 0.1) is 0 Å². The zero-order chi connectivity index (χ0) is 24.6. The number of H-pyrrole nitrogens is 1. The maximum absolute atomic E-state index is 12.6. The predicted octanol–water partition coefficient (Wildman–Crippen LogP) is 3.65. The monoisotopic (exact) mass is 491 g/mol. The molecule has 0 atom stereocenters. The summed E-state index contributed by atoms with van der Waals surface area (Å²) in [5.74, 6) is 0.782. The van der Waals surface area contributed by atoms with Crippen molar-refractivity contribution in [1.29, 1.82) is 0 Å². The Labute approximate surface area is 207 Å². The Balaban J connectivity index is 1.19. The van der Waals surface area contributed by atoms with E-state index < -0.39 is 0 Å². The first-order valence-electron chi connectivity index (χ1n) is 11.5. The minimum Gasteiger partial charge on any atom is -0.506 e. The number of hydrogen-bond acceptors (Lipinski definition) is 7. The molecule has 0 spiro atoms. The highest BCUT2D eigenvalue weighted by atomic mass is 32.1. The van der Waals surface area contributed by atoms with Gasteiger partial charge in [0.2, 0.25) is 0 Å². The molecule has 0 saturated heterocycles. The molecule has 0 aliphatic carbocycles. The number of phenols is 1. The number of ketones is 1. The van der Waals surface area contributed by atoms with Crippen LogP contribution < -0.4 is 20.2 Å². The van der Waals surface area contributed by atoms with Gasteiger partial charge < -0.3 is 25.5 Å². The molecule has 0 aliphatic rings. The number of aromatic nitrogens is 1. The molecule has 0 bridgehead atoms. The van der Waals surface area contributed by atoms with E-state index in [1.165, 1.54) is 22.8 Å². The van der Waals surface area contributed by atoms with Gasteiger partial charge in [0.05, 0.1) is 18.4 Å². The Morgan fingerprint density at radius 2 is 1.71 bits per heavy atom. The van der Waals surface area contributed by atoms with Crippen LogP contribution in [0.2, 0.25) is 0 Å². The van der Waals surface area contributed by atoms with Crippen LogP contribution in [-0.2, 0) is 19.4 Å². The first kappa shape index (κ1) is 24.7. The number of carbonyl (C=O) groups excluding carboxylic acids is 1. The standard InChI is InChI=1S/C27H29N3O4S/c1-34-24-5-3-2-4-20(24)13-15-28-16-19-8-6-18(7-9-19)12-14-29-17-23(32)21-10-11-22(31)25-26(21)35-27(33)30-25/h2-11,28-29,31H,12-17H2,1H3,(H,30,33). The molecule has 0 fully saturated rings. The Kier molecular flexibility index (Phi) is 8.31. The van der Waals surface area contributed by atoms with Gasteiger partial charge >= 0.3 is 4.87 Å². The van der Waals surface area contributed by atoms with E-state index in [-0.39, 0.29) is 23.0 Å². The van der Waals surface area contributed by atoms with E-state index in [2.05, 4.69) is 45.9 Å². The van der Waals surface area contributed by atoms with Crippen LogP contribution in [0.15, 0.2) is 65.5 Å². The molecule has 0 radical (unpaired) electrons. The van der Waals surface area contributed by atoms with E-state index in [0.717, 1.165) is 43.0 Å². The quantitative estimate of drug-likeness (QED) is 0.178. The average molecular weight is 492 g/mol. The number of aromatic amines is 1. The first-order chi connectivity index (χ1) is 17.0. The molecule has 4 rings (SSSR count). The first-order valence-corrected chi connectivity index (χ1v) is 12.4. The van der Waals surface area contributed by atoms with E-state index in [1.807, 2.05) is 18.2 Å². The van der Waals surface area contributed by atoms with Gasteiger partial charge in [0.15, 0.2) is 5.78 Å². The number of Topliss-reactive ketones (excluding diaryl/α,β-unsaturated/α-hetero) is 1. The number of benzene rings is 3. The SMILES string of the molecule is COc1ccccc1CCNCc1ccc(CCNCC(=O)c2ccc(O)c3[nH]c(=O)sc23)cc1. The van der Waals surface area contributed by atoms with Gasteiger partial charge in [-0.05, 0) is 60.8 Å². The van der Waals surface area contributed by atoms with Crippen LogP contribution in [0.1, 0.15) is 27.0 Å². The Hall–Kier alpha value is -3.46. The number of ether oxygens (including phenoxy) is 1. The van der Waals surface area contributed by atoms with E-state index in [0.29, 0.717) is 22.3 Å². The fourth-order valence-electron chi connectivity index (χ4n) is 3.96. The highest BCUT2D eigenvalue weighted by molar-refractivity contribution is 7.16. The van der Waals surface area contributed by atoms with E-state index >= 15 is 0 Å². The number of carbonyl (C=O) groups is 1. The maximum Gasteiger partial charge on any atom is 0.305 e. The highest BCUT2D eigenvalue weighted by Gasteiger charge is 2.15. The molecule has 1 aromatic heterocycles. The second-order valence-electron chi connectivity index (χ2n) is 8.26. The van der Waals surface area contributed by atoms with E-state index in [1.54, 1.807) is 13.2 Å². The largest absolute Gasteiger partial charge is 0.506 e. The summed E-state index contributed by atoms with van der Waals surface area (Å²) in [4.78, 5) is 26.5. The van der Waals surface area contributed by atoms with Gasteiger partial charge in [-0.1, -0.05) is 53.8 Å². The number of aromatic hydroxyl groups is 1. The number of phenolic OH excluding ortho intramolecular Hbond substituents is 1. The van der Waals surface area contributed by atoms with Crippen molar-refractivity contribution in [3.8, 4) is 11.5 Å². The van der Waals surface area contributed by atoms with Crippen molar-refractivity contribution in [1.82, 2.24) is 15.6 Å². The summed E-state index contributed by atoms with van der Waals surface area (Å²) in [5, 5.41) is 16.5. The zero-order valence-electron chi connectivity index (χ0n) is 19.6. The summed E-state index contributed by atoms with van der Waals surface area (Å²) in [6, 6.07) is 19.5. The minimum atomic E-state index is -0.293. The molecule has 35 heavy (non-hydrogen) atoms. The number of hydrogen-bond donors (Lipinski definition) is 4. The van der Waals surface area contributed by atoms with Gasteiger partial charge in [-0.15, -0.1) is 0 Å². The van der Waals surface area contributed by atoms with E-state index in [4.69, 9.17) is 4.74 Å². The van der Waals surface area contributed by atoms with Gasteiger partial charge in [0.25, 0.3) is 0 Å². The summed E-state index contributed by atoms with van der Waals surface area (Å²) in [7, 11) is 1.70. The van der Waals surface area contributed by atoms with Crippen LogP contribution in [-0.4, -0.2) is 42.6 Å². The number of rotatable bonds is 12. The summed E-state index contributed by atoms with van der Waals surface area (Å²) in [5.41, 5.74) is 4.37. The summed E-state index contributed by atoms with van der Waals surface area (Å²) >= 11 is 0.935. The lowest BCUT2D eigenvalue weighted by Gasteiger charge is -2.10. The van der Waals surface area contributed by atoms with Crippen LogP contribution in [0.3, 0.4) is 0 Å². The molecule has 1 heterocycles. The van der Waals surface area contributed by atoms with Crippen molar-refractivity contribution < 1.29 is 14.6 Å². The third-order valence-electron chi connectivity index (χ3n) is 5.85. The van der Waals surface area contributed by atoms with Gasteiger partial charge in [-0.25, -0.2) is 0 Å². The Morgan fingerprint density at radius 3 is 2.51 bits per heavy atom. The van der Waals surface area contributed by atoms with Crippen molar-refractivity contribution in [2.24, 2.45) is 0 Å². The molecular weight excluding hydrogens is 462 g/mol. The van der Waals surface area contributed by atoms with Crippen LogP contribution in [0.4, 0.5) is 0 Å². The fraction of sp³-hybridized carbons (Fsp3) is 0.259. The average Bonchev–Trinajstić information content (AvgIpc) is 3.28. The minimum absolute atomic E-state index is 0.0297. The number of para-hydroxylation sites is 1. The second kappa shape index (κ2) is 11.8. The Bertz CT molecular complexity index is 1340. The molecule has 8 heteroatoms. The maximum atomic E-state index is 12.6. The number of methoxy groups -OCH3 is 1. The van der Waals surface area contributed by atoms with Crippen molar-refractivity contribution >= 4 is 27.3 Å². The third kappa shape index (κ3) is 6.36. The topological polar surface area (TPSA) is 103 Å². The van der Waals surface area contributed by atoms with Crippen molar-refractivity contribution in [2.75, 3.05) is 26.7 Å². The van der Waals surface area contributed by atoms with Crippen molar-refractivity contribution in [3.63, 3.8) is 0 Å². The molecule has 0 saturated carbocycles. The van der Waals surface area contributed by atoms with Gasteiger partial charge in [-0.3, -0.25) is 9.59 Å². The number of fused-ring (bicyclic) bond motifs is 1.